The minimum absolute atomic E-state index is 0.0825. The zero-order chi connectivity index (χ0) is 18.0. The van der Waals surface area contributed by atoms with Gasteiger partial charge in [-0.3, -0.25) is 4.79 Å². The highest BCUT2D eigenvalue weighted by Crippen LogP contribution is 2.43. The average Bonchev–Trinajstić information content (AvgIpc) is 3.45. The van der Waals surface area contributed by atoms with E-state index in [1.165, 1.54) is 24.0 Å². The smallest absolute Gasteiger partial charge is 0.195 e. The van der Waals surface area contributed by atoms with Crippen molar-refractivity contribution in [1.29, 1.82) is 0 Å². The van der Waals surface area contributed by atoms with Gasteiger partial charge in [0.1, 0.15) is 12.4 Å². The maximum Gasteiger partial charge on any atom is 0.195 e. The molecule has 0 bridgehead atoms. The number of nitrogen functional groups attached to an aromatic ring is 1. The number of benzene rings is 2. The van der Waals surface area contributed by atoms with Gasteiger partial charge >= 0.3 is 0 Å². The third kappa shape index (κ3) is 3.69. The summed E-state index contributed by atoms with van der Waals surface area (Å²) in [5.74, 6) is 3.93. The van der Waals surface area contributed by atoms with Crippen LogP contribution in [0.2, 0.25) is 0 Å². The molecule has 1 aliphatic rings. The zero-order valence-corrected chi connectivity index (χ0v) is 14.7. The van der Waals surface area contributed by atoms with Gasteiger partial charge in [-0.15, -0.1) is 6.42 Å². The van der Waals surface area contributed by atoms with E-state index in [4.69, 9.17) is 16.9 Å². The number of carbonyl (C=O) groups excluding carboxylic acids is 1. The van der Waals surface area contributed by atoms with E-state index in [2.05, 4.69) is 25.8 Å². The van der Waals surface area contributed by atoms with Crippen LogP contribution in [0.15, 0.2) is 36.4 Å². The summed E-state index contributed by atoms with van der Waals surface area (Å²) in [5.41, 5.74) is 10.2. The largest absolute Gasteiger partial charge is 0.481 e. The molecule has 0 radical (unpaired) electrons. The van der Waals surface area contributed by atoms with Crippen LogP contribution in [-0.4, -0.2) is 12.4 Å². The number of hydrogen-bond acceptors (Lipinski definition) is 3. The van der Waals surface area contributed by atoms with Crippen molar-refractivity contribution < 1.29 is 9.53 Å². The van der Waals surface area contributed by atoms with Gasteiger partial charge < -0.3 is 10.5 Å². The second-order valence-electron chi connectivity index (χ2n) is 6.84. The third-order valence-corrected chi connectivity index (χ3v) is 4.58. The number of nitrogens with two attached hydrogens (primary N) is 1. The summed E-state index contributed by atoms with van der Waals surface area (Å²) in [7, 11) is 0. The highest BCUT2D eigenvalue weighted by Gasteiger charge is 2.28. The van der Waals surface area contributed by atoms with Gasteiger partial charge in [0.15, 0.2) is 5.78 Å². The number of rotatable bonds is 6. The molecule has 128 valence electrons. The second kappa shape index (κ2) is 7.03. The normalized spacial score (nSPS) is 13.5. The van der Waals surface area contributed by atoms with E-state index in [9.17, 15) is 4.79 Å². The quantitative estimate of drug-likeness (QED) is 0.481. The molecule has 2 aromatic rings. The Kier molecular flexibility index (Phi) is 4.81. The molecule has 3 heteroatoms. The Morgan fingerprint density at radius 1 is 1.28 bits per heavy atom. The molecule has 2 N–H and O–H groups in total. The minimum Gasteiger partial charge on any atom is -0.481 e. The molecule has 3 nitrogen and oxygen atoms in total. The Hall–Kier alpha value is -2.73. The molecule has 0 atom stereocenters. The van der Waals surface area contributed by atoms with Gasteiger partial charge in [0.25, 0.3) is 0 Å². The van der Waals surface area contributed by atoms with Crippen molar-refractivity contribution in [1.82, 2.24) is 0 Å². The molecule has 3 rings (SSSR count). The molecule has 1 fully saturated rings. The van der Waals surface area contributed by atoms with Gasteiger partial charge in [-0.25, -0.2) is 0 Å². The van der Waals surface area contributed by atoms with Gasteiger partial charge in [0.2, 0.25) is 0 Å². The summed E-state index contributed by atoms with van der Waals surface area (Å²) >= 11 is 0. The van der Waals surface area contributed by atoms with Crippen LogP contribution < -0.4 is 10.5 Å². The summed E-state index contributed by atoms with van der Waals surface area (Å²) in [6.45, 7) is 4.53. The molecular formula is C22H23NO2. The van der Waals surface area contributed by atoms with E-state index in [1.807, 2.05) is 12.1 Å². The van der Waals surface area contributed by atoms with Gasteiger partial charge in [-0.2, -0.15) is 0 Å². The molecule has 0 aliphatic heterocycles. The first-order valence-corrected chi connectivity index (χ1v) is 8.65. The Bertz CT molecular complexity index is 842. The Morgan fingerprint density at radius 3 is 2.68 bits per heavy atom. The first-order valence-electron chi connectivity index (χ1n) is 8.65. The summed E-state index contributed by atoms with van der Waals surface area (Å²) in [6, 6.07) is 11.1. The fourth-order valence-electron chi connectivity index (χ4n) is 3.09. The molecule has 25 heavy (non-hydrogen) atoms. The molecule has 0 heterocycles. The van der Waals surface area contributed by atoms with E-state index < -0.39 is 0 Å². The van der Waals surface area contributed by atoms with Crippen molar-refractivity contribution in [2.75, 3.05) is 12.3 Å². The van der Waals surface area contributed by atoms with E-state index in [1.54, 1.807) is 18.2 Å². The minimum atomic E-state index is -0.0825. The number of ether oxygens (including phenoxy) is 1. The van der Waals surface area contributed by atoms with Crippen molar-refractivity contribution in [2.45, 2.75) is 38.5 Å². The summed E-state index contributed by atoms with van der Waals surface area (Å²) in [5, 5.41) is 0. The molecule has 1 aliphatic carbocycles. The van der Waals surface area contributed by atoms with Crippen LogP contribution in [0.3, 0.4) is 0 Å². The van der Waals surface area contributed by atoms with Gasteiger partial charge in [0, 0.05) is 16.8 Å². The number of anilines is 1. The van der Waals surface area contributed by atoms with Gasteiger partial charge in [0.05, 0.1) is 0 Å². The molecule has 0 amide bonds. The maximum absolute atomic E-state index is 13.0. The molecule has 0 saturated heterocycles. The summed E-state index contributed by atoms with van der Waals surface area (Å²) in [6.07, 6.45) is 7.62. The van der Waals surface area contributed by atoms with Crippen molar-refractivity contribution >= 4 is 11.5 Å². The van der Waals surface area contributed by atoms with Crippen molar-refractivity contribution in [3.63, 3.8) is 0 Å². The Labute approximate surface area is 149 Å². The Balaban J connectivity index is 1.96. The van der Waals surface area contributed by atoms with Crippen molar-refractivity contribution in [3.8, 4) is 18.1 Å². The highest BCUT2D eigenvalue weighted by atomic mass is 16.5. The molecule has 2 aromatic carbocycles. The van der Waals surface area contributed by atoms with Gasteiger partial charge in [-0.05, 0) is 60.1 Å². The standard InChI is InChI=1S/C22H23NO2/c1-4-11-25-17-8-10-21(23)20(13-17)22(24)16-7-9-18(14(2)3)19(12-16)15-5-6-15/h1,7-10,12-15H,5-6,11,23H2,2-3H3. The molecule has 0 aromatic heterocycles. The lowest BCUT2D eigenvalue weighted by Gasteiger charge is -2.14. The molecule has 1 saturated carbocycles. The lowest BCUT2D eigenvalue weighted by molar-refractivity contribution is 0.103. The first-order chi connectivity index (χ1) is 12.0. The van der Waals surface area contributed by atoms with Gasteiger partial charge in [-0.1, -0.05) is 31.9 Å². The summed E-state index contributed by atoms with van der Waals surface area (Å²) in [4.78, 5) is 13.0. The molecular weight excluding hydrogens is 310 g/mol. The molecule has 0 spiro atoms. The van der Waals surface area contributed by atoms with Crippen LogP contribution in [0.1, 0.15) is 65.6 Å². The maximum atomic E-state index is 13.0. The van der Waals surface area contributed by atoms with Crippen LogP contribution in [0.25, 0.3) is 0 Å². The lowest BCUT2D eigenvalue weighted by Crippen LogP contribution is -2.08. The number of terminal acetylenes is 1. The SMILES string of the molecule is C#CCOc1ccc(N)c(C(=O)c2ccc(C(C)C)c(C3CC3)c2)c1. The first kappa shape index (κ1) is 17.1. The number of hydrogen-bond donors (Lipinski definition) is 1. The third-order valence-electron chi connectivity index (χ3n) is 4.58. The van der Waals surface area contributed by atoms with Crippen molar-refractivity contribution in [2.24, 2.45) is 0 Å². The number of carbonyl (C=O) groups is 1. The van der Waals surface area contributed by atoms with Crippen LogP contribution >= 0.6 is 0 Å². The average molecular weight is 333 g/mol. The topological polar surface area (TPSA) is 52.3 Å². The Morgan fingerprint density at radius 2 is 2.04 bits per heavy atom. The summed E-state index contributed by atoms with van der Waals surface area (Å²) < 4.78 is 5.42. The van der Waals surface area contributed by atoms with Crippen LogP contribution in [0.5, 0.6) is 5.75 Å². The van der Waals surface area contributed by atoms with E-state index in [0.29, 0.717) is 34.4 Å². The zero-order valence-electron chi connectivity index (χ0n) is 14.7. The highest BCUT2D eigenvalue weighted by molar-refractivity contribution is 6.12. The van der Waals surface area contributed by atoms with Crippen LogP contribution in [0.4, 0.5) is 5.69 Å². The second-order valence-corrected chi connectivity index (χ2v) is 6.84. The van der Waals surface area contributed by atoms with Crippen molar-refractivity contribution in [3.05, 3.63) is 58.7 Å². The van der Waals surface area contributed by atoms with E-state index in [0.717, 1.165) is 0 Å². The number of ketones is 1. The van der Waals surface area contributed by atoms with E-state index in [-0.39, 0.29) is 12.4 Å². The predicted octanol–water partition coefficient (Wildman–Crippen LogP) is 4.51. The van der Waals surface area contributed by atoms with Crippen LogP contribution in [-0.2, 0) is 0 Å². The van der Waals surface area contributed by atoms with E-state index >= 15 is 0 Å². The fraction of sp³-hybridized carbons (Fsp3) is 0.318. The monoisotopic (exact) mass is 333 g/mol. The lowest BCUT2D eigenvalue weighted by atomic mass is 9.90. The molecule has 0 unspecified atom stereocenters. The fourth-order valence-corrected chi connectivity index (χ4v) is 3.09. The van der Waals surface area contributed by atoms with Crippen LogP contribution in [0, 0.1) is 12.3 Å². The predicted molar refractivity (Wildman–Crippen MR) is 101 cm³/mol.